The molecule has 1 heterocycles. The molecule has 0 unspecified atom stereocenters. The van der Waals surface area contributed by atoms with Crippen LogP contribution in [0.2, 0.25) is 0 Å². The first-order valence-corrected chi connectivity index (χ1v) is 23.4. The van der Waals surface area contributed by atoms with Gasteiger partial charge in [-0.05, 0) is 142 Å². The average molecular weight is 846 g/mol. The normalized spacial score (nSPS) is 12.9. The Morgan fingerprint density at radius 1 is 0.292 bits per heavy atom. The van der Waals surface area contributed by atoms with Gasteiger partial charge in [-0.2, -0.15) is 0 Å². The minimum absolute atomic E-state index is 0.141. The molecule has 0 amide bonds. The lowest BCUT2D eigenvalue weighted by Gasteiger charge is -2.28. The third kappa shape index (κ3) is 5.91. The zero-order valence-corrected chi connectivity index (χ0v) is 37.0. The van der Waals surface area contributed by atoms with Crippen LogP contribution in [0.3, 0.4) is 0 Å². The van der Waals surface area contributed by atoms with Crippen molar-refractivity contribution in [2.75, 3.05) is 4.90 Å². The van der Waals surface area contributed by atoms with Crippen molar-refractivity contribution in [3.63, 3.8) is 0 Å². The second-order valence-corrected chi connectivity index (χ2v) is 19.1. The number of anilines is 3. The van der Waals surface area contributed by atoms with Gasteiger partial charge >= 0.3 is 0 Å². The summed E-state index contributed by atoms with van der Waals surface area (Å²) in [6, 6.07) is 83.8. The monoisotopic (exact) mass is 845 g/mol. The molecule has 0 spiro atoms. The first kappa shape index (κ1) is 37.7. The summed E-state index contributed by atoms with van der Waals surface area (Å²) in [4.78, 5) is 2.47. The van der Waals surface area contributed by atoms with Crippen LogP contribution in [0.1, 0.15) is 25.0 Å². The van der Waals surface area contributed by atoms with E-state index < -0.39 is 0 Å². The molecule has 1 aromatic heterocycles. The quantitative estimate of drug-likeness (QED) is 0.171. The number of nitrogens with zero attached hydrogens (tertiary/aromatic N) is 1. The lowest BCUT2D eigenvalue weighted by molar-refractivity contribution is 0.660. The Morgan fingerprint density at radius 2 is 0.754 bits per heavy atom. The Bertz CT molecular complexity index is 3970. The molecule has 0 saturated carbocycles. The lowest BCUT2D eigenvalue weighted by Crippen LogP contribution is -2.16. The van der Waals surface area contributed by atoms with Gasteiger partial charge in [0.15, 0.2) is 0 Å². The highest BCUT2D eigenvalue weighted by atomic mass is 32.1. The van der Waals surface area contributed by atoms with Gasteiger partial charge in [0.1, 0.15) is 0 Å². The Hall–Kier alpha value is -7.78. The minimum Gasteiger partial charge on any atom is -0.310 e. The zero-order valence-electron chi connectivity index (χ0n) is 36.2. The number of rotatable bonds is 4. The molecule has 306 valence electrons. The molecule has 0 saturated heterocycles. The van der Waals surface area contributed by atoms with Gasteiger partial charge in [0.05, 0.1) is 0 Å². The van der Waals surface area contributed by atoms with Crippen molar-refractivity contribution in [2.45, 2.75) is 19.3 Å². The largest absolute Gasteiger partial charge is 0.310 e. The zero-order chi connectivity index (χ0) is 43.2. The molecule has 1 aliphatic carbocycles. The molecular weight excluding hydrogens is 803 g/mol. The summed E-state index contributed by atoms with van der Waals surface area (Å²) in [6.07, 6.45) is 0. The van der Waals surface area contributed by atoms with Crippen LogP contribution >= 0.6 is 11.3 Å². The summed E-state index contributed by atoms with van der Waals surface area (Å²) in [6.45, 7) is 4.74. The van der Waals surface area contributed by atoms with E-state index in [2.05, 4.69) is 243 Å². The molecule has 13 rings (SSSR count). The van der Waals surface area contributed by atoms with Gasteiger partial charge in [-0.15, -0.1) is 11.3 Å². The summed E-state index contributed by atoms with van der Waals surface area (Å²) in [5.41, 5.74) is 11.0. The fourth-order valence-corrected chi connectivity index (χ4v) is 12.0. The van der Waals surface area contributed by atoms with E-state index in [0.29, 0.717) is 0 Å². The number of hydrogen-bond donors (Lipinski definition) is 0. The van der Waals surface area contributed by atoms with Gasteiger partial charge in [-0.1, -0.05) is 184 Å². The summed E-state index contributed by atoms with van der Waals surface area (Å²) >= 11 is 1.88. The highest BCUT2D eigenvalue weighted by Gasteiger charge is 2.35. The van der Waals surface area contributed by atoms with Crippen LogP contribution in [0.5, 0.6) is 0 Å². The van der Waals surface area contributed by atoms with Crippen molar-refractivity contribution in [3.8, 4) is 22.3 Å². The molecule has 65 heavy (non-hydrogen) atoms. The maximum Gasteiger partial charge on any atom is 0.0468 e. The lowest BCUT2D eigenvalue weighted by atomic mass is 9.82. The van der Waals surface area contributed by atoms with Crippen LogP contribution in [0.4, 0.5) is 17.1 Å². The van der Waals surface area contributed by atoms with Crippen molar-refractivity contribution in [1.29, 1.82) is 0 Å². The van der Waals surface area contributed by atoms with E-state index in [1.54, 1.807) is 0 Å². The van der Waals surface area contributed by atoms with Gasteiger partial charge in [0, 0.05) is 42.6 Å². The standard InChI is InChI=1S/C63H43NS/c1-63(2)59-26-14-12-24-52(59)53-35-33-44(37-60(53)63)64(42-30-28-41(29-31-42)40-16-4-3-5-17-40)43-32-34-51-55(36-43)49-22-10-8-20-47(49)45-18-6-7-19-46(45)48-21-9-11-23-50(48)56-38-58-54-25-13-15-27-61(54)65-62(58)39-57(51)56/h3-39H,1-2H3. The van der Waals surface area contributed by atoms with Gasteiger partial charge in [-0.25, -0.2) is 0 Å². The van der Waals surface area contributed by atoms with Gasteiger partial charge < -0.3 is 4.90 Å². The minimum atomic E-state index is -0.141. The summed E-state index contributed by atoms with van der Waals surface area (Å²) in [7, 11) is 0. The fourth-order valence-electron chi connectivity index (χ4n) is 10.9. The van der Waals surface area contributed by atoms with Crippen LogP contribution in [0, 0.1) is 0 Å². The Balaban J connectivity index is 1.16. The Kier molecular flexibility index (Phi) is 8.50. The molecule has 12 aromatic rings. The van der Waals surface area contributed by atoms with Crippen molar-refractivity contribution < 1.29 is 0 Å². The predicted octanol–water partition coefficient (Wildman–Crippen LogP) is 18.4. The van der Waals surface area contributed by atoms with E-state index >= 15 is 0 Å². The number of hydrogen-bond acceptors (Lipinski definition) is 2. The van der Waals surface area contributed by atoms with E-state index in [1.807, 2.05) is 11.3 Å². The first-order chi connectivity index (χ1) is 32.0. The van der Waals surface area contributed by atoms with E-state index in [4.69, 9.17) is 0 Å². The second kappa shape index (κ2) is 14.6. The molecule has 0 aliphatic heterocycles. The molecular formula is C63H43NS. The first-order valence-electron chi connectivity index (χ1n) is 22.6. The summed E-state index contributed by atoms with van der Waals surface area (Å²) in [5.74, 6) is 0. The smallest absolute Gasteiger partial charge is 0.0468 e. The third-order valence-corrected chi connectivity index (χ3v) is 15.2. The van der Waals surface area contributed by atoms with Crippen LogP contribution < -0.4 is 4.90 Å². The van der Waals surface area contributed by atoms with E-state index in [0.717, 1.165) is 17.1 Å². The molecule has 2 heteroatoms. The highest BCUT2D eigenvalue weighted by molar-refractivity contribution is 7.25. The predicted molar refractivity (Wildman–Crippen MR) is 282 cm³/mol. The molecule has 0 radical (unpaired) electrons. The number of benzene rings is 10. The van der Waals surface area contributed by atoms with Crippen molar-refractivity contribution >= 4 is 102 Å². The van der Waals surface area contributed by atoms with Gasteiger partial charge in [0.25, 0.3) is 0 Å². The molecule has 1 nitrogen and oxygen atoms in total. The third-order valence-electron chi connectivity index (χ3n) is 14.1. The maximum atomic E-state index is 2.47. The Morgan fingerprint density at radius 3 is 1.43 bits per heavy atom. The Labute approximate surface area is 382 Å². The second-order valence-electron chi connectivity index (χ2n) is 18.0. The fraction of sp³-hybridized carbons (Fsp3) is 0.0476. The van der Waals surface area contributed by atoms with Crippen molar-refractivity contribution in [2.24, 2.45) is 0 Å². The van der Waals surface area contributed by atoms with E-state index in [-0.39, 0.29) is 5.41 Å². The average Bonchev–Trinajstić information content (AvgIpc) is 3.84. The SMILES string of the molecule is CC1(C)c2ccccc2-c2ccc(N(c3ccc(-c4ccccc4)cc3)c3ccc4c(c3)c3ccccc3c3ccccc3c3ccccc3c3cc5c(cc43)sc3ccccc35)cc21. The summed E-state index contributed by atoms with van der Waals surface area (Å²) < 4.78 is 2.61. The van der Waals surface area contributed by atoms with Gasteiger partial charge in [0.2, 0.25) is 0 Å². The molecule has 0 fully saturated rings. The van der Waals surface area contributed by atoms with Crippen molar-refractivity contribution in [1.82, 2.24) is 0 Å². The van der Waals surface area contributed by atoms with Crippen LogP contribution in [0.15, 0.2) is 224 Å². The topological polar surface area (TPSA) is 3.24 Å². The van der Waals surface area contributed by atoms with Crippen LogP contribution in [0.25, 0.3) is 96.3 Å². The molecule has 11 aromatic carbocycles. The maximum absolute atomic E-state index is 2.47. The summed E-state index contributed by atoms with van der Waals surface area (Å²) in [5, 5.41) is 14.9. The number of thiophene rings is 1. The molecule has 0 N–H and O–H groups in total. The van der Waals surface area contributed by atoms with Crippen LogP contribution in [-0.4, -0.2) is 0 Å². The van der Waals surface area contributed by atoms with Crippen molar-refractivity contribution in [3.05, 3.63) is 236 Å². The molecule has 1 aliphatic rings. The van der Waals surface area contributed by atoms with Gasteiger partial charge in [-0.3, -0.25) is 0 Å². The molecule has 0 bridgehead atoms. The van der Waals surface area contributed by atoms with E-state index in [9.17, 15) is 0 Å². The van der Waals surface area contributed by atoms with E-state index in [1.165, 1.54) is 107 Å². The highest BCUT2D eigenvalue weighted by Crippen LogP contribution is 2.51. The van der Waals surface area contributed by atoms with Crippen LogP contribution in [-0.2, 0) is 5.41 Å². The number of fused-ring (bicyclic) bond motifs is 16. The molecule has 0 atom stereocenters.